The Balaban J connectivity index is 2.04. The van der Waals surface area contributed by atoms with Crippen molar-refractivity contribution in [1.82, 2.24) is 4.90 Å². The highest BCUT2D eigenvalue weighted by Gasteiger charge is 2.22. The van der Waals surface area contributed by atoms with Crippen LogP contribution < -0.4 is 10.6 Å². The molecule has 4 nitrogen and oxygen atoms in total. The first-order valence-corrected chi connectivity index (χ1v) is 7.45. The molecule has 1 heterocycles. The number of carbonyl (C=O) groups excluding carboxylic acids is 1. The number of hydrogen-bond donors (Lipinski definition) is 1. The Morgan fingerprint density at radius 2 is 2.20 bits per heavy atom. The van der Waals surface area contributed by atoms with E-state index in [4.69, 9.17) is 5.73 Å². The summed E-state index contributed by atoms with van der Waals surface area (Å²) in [5.74, 6) is 0.163. The minimum absolute atomic E-state index is 0.163. The summed E-state index contributed by atoms with van der Waals surface area (Å²) in [7, 11) is 0. The lowest BCUT2D eigenvalue weighted by Crippen LogP contribution is -2.48. The average molecular weight is 275 g/mol. The highest BCUT2D eigenvalue weighted by atomic mass is 16.2. The second-order valence-electron chi connectivity index (χ2n) is 5.56. The zero-order chi connectivity index (χ0) is 14.5. The number of hydrogen-bond acceptors (Lipinski definition) is 3. The molecule has 0 radical (unpaired) electrons. The topological polar surface area (TPSA) is 49.6 Å². The number of anilines is 1. The van der Waals surface area contributed by atoms with Crippen molar-refractivity contribution in [3.8, 4) is 0 Å². The summed E-state index contributed by atoms with van der Waals surface area (Å²) >= 11 is 0. The lowest BCUT2D eigenvalue weighted by Gasteiger charge is -2.32. The molecule has 0 bridgehead atoms. The molecule has 0 aliphatic carbocycles. The van der Waals surface area contributed by atoms with Gasteiger partial charge in [0.1, 0.15) is 0 Å². The fourth-order valence-electron chi connectivity index (χ4n) is 2.86. The van der Waals surface area contributed by atoms with Crippen LogP contribution in [-0.4, -0.2) is 43.0 Å². The van der Waals surface area contributed by atoms with Crippen LogP contribution in [0.3, 0.4) is 0 Å². The number of benzene rings is 1. The molecule has 1 atom stereocenters. The maximum absolute atomic E-state index is 12.5. The third kappa shape index (κ3) is 3.58. The SMILES string of the molecule is CCN(C(=O)CN1CCC[C@@H](N)C1)c1ccccc1C. The van der Waals surface area contributed by atoms with Gasteiger partial charge in [0.05, 0.1) is 6.54 Å². The summed E-state index contributed by atoms with van der Waals surface area (Å²) in [4.78, 5) is 16.6. The molecule has 1 amide bonds. The van der Waals surface area contributed by atoms with Crippen LogP contribution in [0.5, 0.6) is 0 Å². The van der Waals surface area contributed by atoms with Crippen LogP contribution in [0.25, 0.3) is 0 Å². The van der Waals surface area contributed by atoms with Crippen LogP contribution in [0, 0.1) is 6.92 Å². The first-order valence-electron chi connectivity index (χ1n) is 7.45. The molecular weight excluding hydrogens is 250 g/mol. The smallest absolute Gasteiger partial charge is 0.241 e. The van der Waals surface area contributed by atoms with Crippen LogP contribution in [0.1, 0.15) is 25.3 Å². The van der Waals surface area contributed by atoms with Gasteiger partial charge in [0.25, 0.3) is 0 Å². The largest absolute Gasteiger partial charge is 0.327 e. The minimum Gasteiger partial charge on any atom is -0.327 e. The summed E-state index contributed by atoms with van der Waals surface area (Å²) in [6, 6.07) is 8.25. The van der Waals surface area contributed by atoms with Crippen molar-refractivity contribution in [2.24, 2.45) is 5.73 Å². The maximum atomic E-state index is 12.5. The van der Waals surface area contributed by atoms with E-state index in [1.165, 1.54) is 0 Å². The molecule has 2 N–H and O–H groups in total. The molecule has 1 aromatic carbocycles. The van der Waals surface area contributed by atoms with E-state index in [0.717, 1.165) is 37.2 Å². The van der Waals surface area contributed by atoms with E-state index in [1.807, 2.05) is 43.0 Å². The number of aryl methyl sites for hydroxylation is 1. The van der Waals surface area contributed by atoms with E-state index in [2.05, 4.69) is 4.90 Å². The number of carbonyl (C=O) groups is 1. The summed E-state index contributed by atoms with van der Waals surface area (Å²) in [6.07, 6.45) is 2.16. The van der Waals surface area contributed by atoms with Crippen molar-refractivity contribution in [3.63, 3.8) is 0 Å². The highest BCUT2D eigenvalue weighted by molar-refractivity contribution is 5.95. The third-order valence-corrected chi connectivity index (χ3v) is 3.92. The van der Waals surface area contributed by atoms with Crippen LogP contribution in [0.2, 0.25) is 0 Å². The minimum atomic E-state index is 0.163. The van der Waals surface area contributed by atoms with Crippen molar-refractivity contribution in [1.29, 1.82) is 0 Å². The fraction of sp³-hybridized carbons (Fsp3) is 0.562. The van der Waals surface area contributed by atoms with Crippen LogP contribution >= 0.6 is 0 Å². The van der Waals surface area contributed by atoms with Gasteiger partial charge < -0.3 is 10.6 Å². The van der Waals surface area contributed by atoms with Crippen LogP contribution in [0.15, 0.2) is 24.3 Å². The van der Waals surface area contributed by atoms with E-state index >= 15 is 0 Å². The second-order valence-corrected chi connectivity index (χ2v) is 5.56. The van der Waals surface area contributed by atoms with Crippen molar-refractivity contribution >= 4 is 11.6 Å². The highest BCUT2D eigenvalue weighted by Crippen LogP contribution is 2.20. The predicted molar refractivity (Wildman–Crippen MR) is 82.9 cm³/mol. The first kappa shape index (κ1) is 15.0. The Labute approximate surface area is 121 Å². The van der Waals surface area contributed by atoms with E-state index in [9.17, 15) is 4.79 Å². The number of para-hydroxylation sites is 1. The number of amides is 1. The van der Waals surface area contributed by atoms with Gasteiger partial charge in [-0.15, -0.1) is 0 Å². The normalized spacial score (nSPS) is 19.9. The van der Waals surface area contributed by atoms with Gasteiger partial charge in [-0.05, 0) is 44.9 Å². The fourth-order valence-corrected chi connectivity index (χ4v) is 2.86. The average Bonchev–Trinajstić information content (AvgIpc) is 2.41. The van der Waals surface area contributed by atoms with Crippen molar-refractivity contribution in [3.05, 3.63) is 29.8 Å². The molecule has 4 heteroatoms. The molecule has 0 unspecified atom stereocenters. The molecule has 1 aliphatic rings. The molecule has 1 aliphatic heterocycles. The standard InChI is InChI=1S/C16H25N3O/c1-3-19(15-9-5-4-7-13(15)2)16(20)12-18-10-6-8-14(17)11-18/h4-5,7,9,14H,3,6,8,10-12,17H2,1-2H3/t14-/m1/s1. The van der Waals surface area contributed by atoms with Crippen molar-refractivity contribution < 1.29 is 4.79 Å². The Kier molecular flexibility index (Phi) is 5.15. The molecular formula is C16H25N3O. The Hall–Kier alpha value is -1.39. The van der Waals surface area contributed by atoms with Gasteiger partial charge in [0.15, 0.2) is 0 Å². The lowest BCUT2D eigenvalue weighted by molar-refractivity contribution is -0.120. The lowest BCUT2D eigenvalue weighted by atomic mass is 10.1. The Morgan fingerprint density at radius 3 is 2.85 bits per heavy atom. The van der Waals surface area contributed by atoms with Gasteiger partial charge in [-0.3, -0.25) is 9.69 Å². The molecule has 1 aromatic rings. The van der Waals surface area contributed by atoms with Crippen molar-refractivity contribution in [2.45, 2.75) is 32.7 Å². The summed E-state index contributed by atoms with van der Waals surface area (Å²) < 4.78 is 0. The molecule has 110 valence electrons. The predicted octanol–water partition coefficient (Wildman–Crippen LogP) is 1.77. The number of nitrogens with two attached hydrogens (primary N) is 1. The van der Waals surface area contributed by atoms with Crippen LogP contribution in [-0.2, 0) is 4.79 Å². The second kappa shape index (κ2) is 6.86. The van der Waals surface area contributed by atoms with Crippen molar-refractivity contribution in [2.75, 3.05) is 31.1 Å². The number of likely N-dealkylation sites (tertiary alicyclic amines) is 1. The molecule has 1 saturated heterocycles. The molecule has 20 heavy (non-hydrogen) atoms. The van der Waals surface area contributed by atoms with Crippen LogP contribution in [0.4, 0.5) is 5.69 Å². The number of rotatable bonds is 4. The van der Waals surface area contributed by atoms with Gasteiger partial charge >= 0.3 is 0 Å². The molecule has 0 saturated carbocycles. The van der Waals surface area contributed by atoms with Gasteiger partial charge in [-0.25, -0.2) is 0 Å². The number of nitrogens with zero attached hydrogens (tertiary/aromatic N) is 2. The molecule has 1 fully saturated rings. The zero-order valence-electron chi connectivity index (χ0n) is 12.5. The summed E-state index contributed by atoms with van der Waals surface area (Å²) in [6.45, 7) is 7.04. The first-order chi connectivity index (χ1) is 9.61. The molecule has 2 rings (SSSR count). The van der Waals surface area contributed by atoms with Gasteiger partial charge in [0.2, 0.25) is 5.91 Å². The zero-order valence-corrected chi connectivity index (χ0v) is 12.5. The number of likely N-dealkylation sites (N-methyl/N-ethyl adjacent to an activating group) is 1. The monoisotopic (exact) mass is 275 g/mol. The maximum Gasteiger partial charge on any atom is 0.241 e. The van der Waals surface area contributed by atoms with E-state index in [0.29, 0.717) is 13.1 Å². The van der Waals surface area contributed by atoms with Gasteiger partial charge in [-0.1, -0.05) is 18.2 Å². The molecule has 0 aromatic heterocycles. The van der Waals surface area contributed by atoms with E-state index < -0.39 is 0 Å². The van der Waals surface area contributed by atoms with E-state index in [-0.39, 0.29) is 11.9 Å². The Bertz CT molecular complexity index is 461. The molecule has 0 spiro atoms. The quantitative estimate of drug-likeness (QED) is 0.911. The number of piperidine rings is 1. The van der Waals surface area contributed by atoms with E-state index in [1.54, 1.807) is 0 Å². The van der Waals surface area contributed by atoms with Gasteiger partial charge in [0, 0.05) is 24.8 Å². The Morgan fingerprint density at radius 1 is 1.45 bits per heavy atom. The summed E-state index contributed by atoms with van der Waals surface area (Å²) in [5.41, 5.74) is 8.13. The third-order valence-electron chi connectivity index (χ3n) is 3.92. The van der Waals surface area contributed by atoms with Gasteiger partial charge in [-0.2, -0.15) is 0 Å². The summed E-state index contributed by atoms with van der Waals surface area (Å²) in [5, 5.41) is 0.